The molecule has 1 heterocycles. The summed E-state index contributed by atoms with van der Waals surface area (Å²) < 4.78 is 4.80. The van der Waals surface area contributed by atoms with Gasteiger partial charge in [-0.25, -0.2) is 0 Å². The molecule has 0 amide bonds. The van der Waals surface area contributed by atoms with Crippen molar-refractivity contribution in [2.75, 3.05) is 0 Å². The number of halogens is 2. The number of aromatic nitrogens is 1. The molecule has 0 fully saturated rings. The van der Waals surface area contributed by atoms with Crippen LogP contribution in [0.1, 0.15) is 26.9 Å². The predicted octanol–water partition coefficient (Wildman–Crippen LogP) is -0.0632. The quantitative estimate of drug-likeness (QED) is 0.505. The Hall–Kier alpha value is -1.34. The van der Waals surface area contributed by atoms with Gasteiger partial charge in [0.15, 0.2) is 0 Å². The molecule has 1 unspecified atom stereocenters. The molecule has 0 N–H and O–H groups in total. The molecular formula is C23H19Cl2NZr. The zero-order valence-corrected chi connectivity index (χ0v) is 19.0. The van der Waals surface area contributed by atoms with Crippen molar-refractivity contribution in [3.8, 4) is 0 Å². The average molecular weight is 472 g/mol. The van der Waals surface area contributed by atoms with Crippen molar-refractivity contribution in [3.63, 3.8) is 0 Å². The van der Waals surface area contributed by atoms with Crippen LogP contribution in [-0.2, 0) is 23.2 Å². The van der Waals surface area contributed by atoms with Gasteiger partial charge in [-0.1, -0.05) is 0 Å². The van der Waals surface area contributed by atoms with E-state index < -0.39 is 23.2 Å². The minimum atomic E-state index is -0.720. The fraction of sp³-hybridized carbons (Fsp3) is 0.130. The van der Waals surface area contributed by atoms with Gasteiger partial charge in [-0.3, -0.25) is 0 Å². The Kier molecular flexibility index (Phi) is 6.31. The molecule has 1 atom stereocenters. The van der Waals surface area contributed by atoms with E-state index in [1.807, 2.05) is 0 Å². The zero-order chi connectivity index (χ0) is 16.8. The van der Waals surface area contributed by atoms with Gasteiger partial charge in [-0.15, -0.1) is 0 Å². The second-order valence-electron chi connectivity index (χ2n) is 6.78. The molecule has 0 bridgehead atoms. The van der Waals surface area contributed by atoms with E-state index in [0.717, 1.165) is 0 Å². The first-order valence-electron chi connectivity index (χ1n) is 8.81. The number of fused-ring (bicyclic) bond motifs is 2. The Bertz CT molecular complexity index is 1070. The summed E-state index contributed by atoms with van der Waals surface area (Å²) in [7, 11) is 0. The van der Waals surface area contributed by atoms with E-state index in [9.17, 15) is 0 Å². The summed E-state index contributed by atoms with van der Waals surface area (Å²) >= 11 is -0.720. The van der Waals surface area contributed by atoms with Crippen LogP contribution in [-0.4, -0.2) is 4.57 Å². The van der Waals surface area contributed by atoms with Crippen molar-refractivity contribution in [1.82, 2.24) is 4.57 Å². The number of para-hydroxylation sites is 1. The van der Waals surface area contributed by atoms with Crippen LogP contribution in [0.25, 0.3) is 22.7 Å². The SMILES string of the molecule is Cc1cc2ccccc2n1C1=Cc2ccccc2[CH]1[Zr+2][C]1=CC=CC1.[Cl-].[Cl-]. The Morgan fingerprint density at radius 2 is 1.78 bits per heavy atom. The molecule has 2 aliphatic rings. The van der Waals surface area contributed by atoms with Gasteiger partial charge < -0.3 is 24.8 Å². The molecule has 27 heavy (non-hydrogen) atoms. The summed E-state index contributed by atoms with van der Waals surface area (Å²) in [6.45, 7) is 2.24. The van der Waals surface area contributed by atoms with E-state index in [1.54, 1.807) is 3.28 Å². The number of rotatable bonds is 3. The third kappa shape index (κ3) is 3.56. The first kappa shape index (κ1) is 20.4. The Morgan fingerprint density at radius 1 is 1.00 bits per heavy atom. The van der Waals surface area contributed by atoms with Gasteiger partial charge in [-0.2, -0.15) is 0 Å². The molecule has 2 aromatic carbocycles. The van der Waals surface area contributed by atoms with E-state index in [1.165, 1.54) is 39.8 Å². The van der Waals surface area contributed by atoms with Crippen molar-refractivity contribution in [3.05, 3.63) is 92.9 Å². The Morgan fingerprint density at radius 3 is 2.59 bits per heavy atom. The number of hydrogen-bond acceptors (Lipinski definition) is 0. The van der Waals surface area contributed by atoms with Gasteiger partial charge in [0.05, 0.1) is 0 Å². The van der Waals surface area contributed by atoms with Crippen molar-refractivity contribution in [2.45, 2.75) is 17.0 Å². The standard InChI is InChI=1S/C18H14N.C5H5.2ClH.Zr/c1-13-10-16-8-4-5-9-18(16)19(13)17-11-14-6-2-3-7-15(14)12-17;1-2-4-5-3-1;;;/h2-12H,1H3;1-3H,4H2;2*1H;/q;;;;+2/p-2. The van der Waals surface area contributed by atoms with Crippen molar-refractivity contribution in [1.29, 1.82) is 0 Å². The number of allylic oxidation sites excluding steroid dienone is 5. The summed E-state index contributed by atoms with van der Waals surface area (Å²) in [5.74, 6) is 0. The molecule has 1 nitrogen and oxygen atoms in total. The fourth-order valence-corrected chi connectivity index (χ4v) is 7.91. The normalized spacial score (nSPS) is 16.9. The van der Waals surface area contributed by atoms with Crippen LogP contribution >= 0.6 is 0 Å². The summed E-state index contributed by atoms with van der Waals surface area (Å²) in [6.07, 6.45) is 10.5. The summed E-state index contributed by atoms with van der Waals surface area (Å²) in [5, 5.41) is 1.34. The second kappa shape index (κ2) is 8.35. The van der Waals surface area contributed by atoms with Crippen LogP contribution < -0.4 is 24.8 Å². The number of hydrogen-bond donors (Lipinski definition) is 0. The topological polar surface area (TPSA) is 4.93 Å². The smallest absolute Gasteiger partial charge is 1.00 e. The Balaban J connectivity index is 0.00000105. The van der Waals surface area contributed by atoms with Crippen LogP contribution in [0.4, 0.5) is 0 Å². The molecule has 0 spiro atoms. The monoisotopic (exact) mass is 469 g/mol. The third-order valence-electron chi connectivity index (χ3n) is 5.16. The van der Waals surface area contributed by atoms with E-state index in [-0.39, 0.29) is 24.8 Å². The maximum atomic E-state index is 2.50. The molecule has 2 aliphatic carbocycles. The molecule has 134 valence electrons. The number of benzene rings is 2. The van der Waals surface area contributed by atoms with Gasteiger partial charge in [-0.05, 0) is 0 Å². The molecule has 0 aliphatic heterocycles. The molecule has 0 saturated carbocycles. The Labute approximate surface area is 184 Å². The molecule has 4 heteroatoms. The van der Waals surface area contributed by atoms with Gasteiger partial charge in [0.1, 0.15) is 0 Å². The van der Waals surface area contributed by atoms with Crippen molar-refractivity contribution >= 4 is 22.7 Å². The molecule has 1 aromatic heterocycles. The molecular weight excluding hydrogens is 452 g/mol. The van der Waals surface area contributed by atoms with Gasteiger partial charge in [0, 0.05) is 0 Å². The fourth-order valence-electron chi connectivity index (χ4n) is 4.03. The molecule has 3 aromatic rings. The maximum absolute atomic E-state index is 2.50. The van der Waals surface area contributed by atoms with E-state index >= 15 is 0 Å². The summed E-state index contributed by atoms with van der Waals surface area (Å²) in [6, 6.07) is 20.1. The van der Waals surface area contributed by atoms with E-state index in [2.05, 4.69) is 90.4 Å². The zero-order valence-electron chi connectivity index (χ0n) is 15.0. The minimum Gasteiger partial charge on any atom is -1.00 e. The van der Waals surface area contributed by atoms with Crippen LogP contribution in [0.2, 0.25) is 0 Å². The van der Waals surface area contributed by atoms with Crippen LogP contribution in [0.3, 0.4) is 0 Å². The third-order valence-corrected chi connectivity index (χ3v) is 9.18. The number of nitrogens with zero attached hydrogens (tertiary/aromatic N) is 1. The molecule has 0 saturated heterocycles. The minimum absolute atomic E-state index is 0. The van der Waals surface area contributed by atoms with E-state index in [4.69, 9.17) is 0 Å². The van der Waals surface area contributed by atoms with Crippen molar-refractivity contribution < 1.29 is 48.0 Å². The van der Waals surface area contributed by atoms with Crippen molar-refractivity contribution in [2.24, 2.45) is 0 Å². The van der Waals surface area contributed by atoms with Gasteiger partial charge in [0.2, 0.25) is 0 Å². The van der Waals surface area contributed by atoms with E-state index in [0.29, 0.717) is 3.63 Å². The second-order valence-corrected chi connectivity index (χ2v) is 10.5. The molecule has 0 radical (unpaired) electrons. The molecule has 5 rings (SSSR count). The van der Waals surface area contributed by atoms with Gasteiger partial charge in [0.25, 0.3) is 0 Å². The summed E-state index contributed by atoms with van der Waals surface area (Å²) in [5.41, 5.74) is 7.10. The van der Waals surface area contributed by atoms with Crippen LogP contribution in [0.15, 0.2) is 76.1 Å². The maximum Gasteiger partial charge on any atom is -1.00 e. The first-order chi connectivity index (χ1) is 12.3. The van der Waals surface area contributed by atoms with Crippen LogP contribution in [0.5, 0.6) is 0 Å². The van der Waals surface area contributed by atoms with Crippen LogP contribution in [0, 0.1) is 6.92 Å². The average Bonchev–Trinajstić information content (AvgIpc) is 3.33. The predicted molar refractivity (Wildman–Crippen MR) is 102 cm³/mol. The number of aryl methyl sites for hydroxylation is 1. The largest absolute Gasteiger partial charge is 1.00 e. The first-order valence-corrected chi connectivity index (χ1v) is 11.5. The summed E-state index contributed by atoms with van der Waals surface area (Å²) in [4.78, 5) is 0. The van der Waals surface area contributed by atoms with Gasteiger partial charge >= 0.3 is 160 Å².